The van der Waals surface area contributed by atoms with Crippen LogP contribution in [0.2, 0.25) is 0 Å². The Morgan fingerprint density at radius 3 is 2.08 bits per heavy atom. The number of methoxy groups -OCH3 is 1. The second-order valence-electron chi connectivity index (χ2n) is 15.6. The van der Waals surface area contributed by atoms with Crippen LogP contribution in [0.3, 0.4) is 0 Å². The Balaban J connectivity index is 1.12. The molecule has 9 nitrogen and oxygen atoms in total. The second-order valence-corrected chi connectivity index (χ2v) is 15.6. The summed E-state index contributed by atoms with van der Waals surface area (Å²) in [7, 11) is 1.41. The maximum absolute atomic E-state index is 14.8. The van der Waals surface area contributed by atoms with Crippen molar-refractivity contribution in [2.75, 3.05) is 51.5 Å². The van der Waals surface area contributed by atoms with Crippen LogP contribution < -0.4 is 9.64 Å². The minimum atomic E-state index is -0.981. The third-order valence-electron chi connectivity index (χ3n) is 11.5. The number of pyridine rings is 1. The number of fused-ring (bicyclic) bond motifs is 1. The zero-order valence-electron chi connectivity index (χ0n) is 35.1. The molecule has 1 aliphatic heterocycles. The molecular weight excluding hydrogens is 765 g/mol. The SMILES string of the molecule is COC(=O)Cc1c(C)c(C)c2nc(-c3cccc(-c4cc(F)c(F)cc4OCc4ccccc4)c3)c(C)n2c1N1CCC(C)(OCCOCCOCc2ccccc2)CC1. The number of ether oxygens (including phenoxy) is 5. The number of hydrogen-bond acceptors (Lipinski definition) is 8. The van der Waals surface area contributed by atoms with Crippen molar-refractivity contribution >= 4 is 17.4 Å². The second kappa shape index (κ2) is 19.2. The molecule has 1 aliphatic rings. The lowest BCUT2D eigenvalue weighted by atomic mass is 9.92. The summed E-state index contributed by atoms with van der Waals surface area (Å²) in [5.74, 6) is -1.12. The molecule has 0 aliphatic carbocycles. The maximum Gasteiger partial charge on any atom is 0.310 e. The Morgan fingerprint density at radius 2 is 1.38 bits per heavy atom. The Morgan fingerprint density at radius 1 is 0.750 bits per heavy atom. The zero-order chi connectivity index (χ0) is 42.2. The topological polar surface area (TPSA) is 83.8 Å². The predicted molar refractivity (Wildman–Crippen MR) is 229 cm³/mol. The summed E-state index contributed by atoms with van der Waals surface area (Å²) in [6.45, 7) is 12.3. The monoisotopic (exact) mass is 817 g/mol. The van der Waals surface area contributed by atoms with Crippen molar-refractivity contribution in [2.24, 2.45) is 0 Å². The molecule has 1 saturated heterocycles. The molecule has 4 aromatic carbocycles. The first-order valence-electron chi connectivity index (χ1n) is 20.5. The van der Waals surface area contributed by atoms with Gasteiger partial charge >= 0.3 is 5.97 Å². The van der Waals surface area contributed by atoms with Crippen LogP contribution in [0.5, 0.6) is 5.75 Å². The first-order chi connectivity index (χ1) is 29.0. The highest BCUT2D eigenvalue weighted by Gasteiger charge is 2.34. The highest BCUT2D eigenvalue weighted by molar-refractivity contribution is 5.81. The third-order valence-corrected chi connectivity index (χ3v) is 11.5. The first-order valence-corrected chi connectivity index (χ1v) is 20.5. The fraction of sp³-hybridized carbons (Fsp3) is 0.347. The molecule has 2 aromatic heterocycles. The molecule has 0 atom stereocenters. The van der Waals surface area contributed by atoms with Crippen LogP contribution >= 0.6 is 0 Å². The van der Waals surface area contributed by atoms with Crippen LogP contribution in [0, 0.1) is 32.4 Å². The molecule has 0 spiro atoms. The van der Waals surface area contributed by atoms with E-state index in [2.05, 4.69) is 16.2 Å². The largest absolute Gasteiger partial charge is 0.488 e. The van der Waals surface area contributed by atoms with Gasteiger partial charge in [0.25, 0.3) is 0 Å². The van der Waals surface area contributed by atoms with E-state index in [4.69, 9.17) is 28.7 Å². The average molecular weight is 818 g/mol. The molecule has 3 heterocycles. The Labute approximate surface area is 350 Å². The van der Waals surface area contributed by atoms with Crippen LogP contribution in [0.1, 0.15) is 53.3 Å². The van der Waals surface area contributed by atoms with Gasteiger partial charge in [0.15, 0.2) is 11.6 Å². The summed E-state index contributed by atoms with van der Waals surface area (Å²) in [6.07, 6.45) is 1.64. The molecule has 11 heteroatoms. The molecule has 60 heavy (non-hydrogen) atoms. The summed E-state index contributed by atoms with van der Waals surface area (Å²) in [4.78, 5) is 20.5. The van der Waals surface area contributed by atoms with Crippen LogP contribution in [-0.4, -0.2) is 67.6 Å². The molecule has 0 bridgehead atoms. The van der Waals surface area contributed by atoms with Crippen molar-refractivity contribution < 1.29 is 37.3 Å². The highest BCUT2D eigenvalue weighted by Crippen LogP contribution is 2.40. The molecule has 0 radical (unpaired) electrons. The Kier molecular flexibility index (Phi) is 13.6. The van der Waals surface area contributed by atoms with E-state index in [0.29, 0.717) is 57.3 Å². The summed E-state index contributed by atoms with van der Waals surface area (Å²) in [5.41, 5.74) is 8.80. The minimum Gasteiger partial charge on any atom is -0.488 e. The number of hydrogen-bond donors (Lipinski definition) is 0. The number of halogens is 2. The van der Waals surface area contributed by atoms with Gasteiger partial charge in [0.2, 0.25) is 0 Å². The number of carbonyl (C=O) groups is 1. The van der Waals surface area contributed by atoms with Gasteiger partial charge < -0.3 is 28.6 Å². The summed E-state index contributed by atoms with van der Waals surface area (Å²) < 4.78 is 60.8. The fourth-order valence-corrected chi connectivity index (χ4v) is 7.85. The number of rotatable bonds is 17. The van der Waals surface area contributed by atoms with E-state index in [9.17, 15) is 13.6 Å². The number of aryl methyl sites for hydroxylation is 2. The van der Waals surface area contributed by atoms with Gasteiger partial charge in [0.05, 0.1) is 57.9 Å². The van der Waals surface area contributed by atoms with Crippen LogP contribution in [-0.2, 0) is 43.4 Å². The fourth-order valence-electron chi connectivity index (χ4n) is 7.85. The van der Waals surface area contributed by atoms with Gasteiger partial charge in [0.1, 0.15) is 23.8 Å². The van der Waals surface area contributed by atoms with Gasteiger partial charge in [-0.1, -0.05) is 78.9 Å². The Hall–Kier alpha value is -5.62. The van der Waals surface area contributed by atoms with Crippen LogP contribution in [0.4, 0.5) is 14.6 Å². The lowest BCUT2D eigenvalue weighted by molar-refractivity contribution is -0.139. The molecule has 0 N–H and O–H groups in total. The van der Waals surface area contributed by atoms with E-state index in [1.807, 2.05) is 106 Å². The molecule has 0 unspecified atom stereocenters. The lowest BCUT2D eigenvalue weighted by Crippen LogP contribution is -2.45. The minimum absolute atomic E-state index is 0.107. The van der Waals surface area contributed by atoms with Gasteiger partial charge in [-0.15, -0.1) is 0 Å². The maximum atomic E-state index is 14.8. The van der Waals surface area contributed by atoms with Crippen molar-refractivity contribution in [1.82, 2.24) is 9.38 Å². The number of anilines is 1. The number of nitrogens with zero attached hydrogens (tertiary/aromatic N) is 3. The van der Waals surface area contributed by atoms with Crippen molar-refractivity contribution in [3.8, 4) is 28.1 Å². The number of piperidine rings is 1. The quantitative estimate of drug-likeness (QED) is 0.0665. The van der Waals surface area contributed by atoms with E-state index in [-0.39, 0.29) is 30.3 Å². The van der Waals surface area contributed by atoms with E-state index >= 15 is 0 Å². The summed E-state index contributed by atoms with van der Waals surface area (Å²) >= 11 is 0. The zero-order valence-corrected chi connectivity index (χ0v) is 35.1. The van der Waals surface area contributed by atoms with Gasteiger partial charge in [0, 0.05) is 41.5 Å². The number of benzene rings is 4. The van der Waals surface area contributed by atoms with E-state index in [0.717, 1.165) is 75.1 Å². The molecule has 314 valence electrons. The number of carbonyl (C=O) groups excluding carboxylic acids is 1. The normalized spacial score (nSPS) is 13.8. The van der Waals surface area contributed by atoms with Gasteiger partial charge in [-0.2, -0.15) is 0 Å². The van der Waals surface area contributed by atoms with E-state index in [1.54, 1.807) is 0 Å². The third kappa shape index (κ3) is 9.70. The van der Waals surface area contributed by atoms with Crippen molar-refractivity contribution in [2.45, 2.75) is 65.8 Å². The van der Waals surface area contributed by atoms with Gasteiger partial charge in [-0.3, -0.25) is 9.20 Å². The lowest BCUT2D eigenvalue weighted by Gasteiger charge is -2.41. The molecule has 1 fully saturated rings. The highest BCUT2D eigenvalue weighted by atomic mass is 19.2. The van der Waals surface area contributed by atoms with Crippen LogP contribution in [0.15, 0.2) is 97.1 Å². The van der Waals surface area contributed by atoms with E-state index in [1.165, 1.54) is 13.2 Å². The van der Waals surface area contributed by atoms with Crippen LogP contribution in [0.25, 0.3) is 28.0 Å². The molecule has 6 aromatic rings. The van der Waals surface area contributed by atoms with Crippen molar-refractivity contribution in [1.29, 1.82) is 0 Å². The molecule has 0 saturated carbocycles. The summed E-state index contributed by atoms with van der Waals surface area (Å²) in [6, 6.07) is 29.5. The first kappa shape index (κ1) is 42.5. The molecule has 0 amide bonds. The smallest absolute Gasteiger partial charge is 0.310 e. The summed E-state index contributed by atoms with van der Waals surface area (Å²) in [5, 5.41) is 0. The van der Waals surface area contributed by atoms with Gasteiger partial charge in [-0.25, -0.2) is 13.8 Å². The Bertz CT molecular complexity index is 2410. The van der Waals surface area contributed by atoms with Crippen molar-refractivity contribution in [3.05, 3.63) is 142 Å². The number of esters is 1. The molecule has 7 rings (SSSR count). The predicted octanol–water partition coefficient (Wildman–Crippen LogP) is 9.78. The average Bonchev–Trinajstić information content (AvgIpc) is 3.61. The van der Waals surface area contributed by atoms with Gasteiger partial charge in [-0.05, 0) is 80.5 Å². The number of imidazole rings is 1. The van der Waals surface area contributed by atoms with Crippen molar-refractivity contribution in [3.63, 3.8) is 0 Å². The van der Waals surface area contributed by atoms with E-state index < -0.39 is 11.6 Å². The number of aromatic nitrogens is 2. The molecular formula is C49H53F2N3O6. The standard InChI is InChI=1S/C49H53F2N3O6/c1-33-34(2)47-52-46(39-18-12-17-38(27-39)41-28-42(50)43(51)30-44(41)59-32-37-15-10-7-11-16-37)35(3)54(47)48(40(33)29-45(55)56-5)53-21-19-49(4,20-22-53)60-26-25-57-23-24-58-31-36-13-8-6-9-14-36/h6-18,27-28,30H,19-26,29,31-32H2,1-5H3.